The second-order valence-electron chi connectivity index (χ2n) is 6.87. The van der Waals surface area contributed by atoms with Gasteiger partial charge in [-0.2, -0.15) is 0 Å². The SMILES string of the molecule is N[C@@H]1CCC(CN2CCC(Cc3ccccc3)CC2)C1. The lowest BCUT2D eigenvalue weighted by molar-refractivity contribution is 0.160. The first-order chi connectivity index (χ1) is 9.79. The molecular formula is C18H28N2. The summed E-state index contributed by atoms with van der Waals surface area (Å²) < 4.78 is 0. The van der Waals surface area contributed by atoms with Crippen LogP contribution in [0.2, 0.25) is 0 Å². The fourth-order valence-corrected chi connectivity index (χ4v) is 3.97. The molecule has 3 rings (SSSR count). The molecule has 2 fully saturated rings. The maximum absolute atomic E-state index is 6.02. The monoisotopic (exact) mass is 272 g/mol. The third-order valence-electron chi connectivity index (χ3n) is 5.17. The van der Waals surface area contributed by atoms with Crippen LogP contribution in [0.5, 0.6) is 0 Å². The van der Waals surface area contributed by atoms with Crippen LogP contribution in [0.1, 0.15) is 37.7 Å². The second kappa shape index (κ2) is 6.73. The summed E-state index contributed by atoms with van der Waals surface area (Å²) >= 11 is 0. The van der Waals surface area contributed by atoms with Gasteiger partial charge < -0.3 is 10.6 Å². The fourth-order valence-electron chi connectivity index (χ4n) is 3.97. The Labute approximate surface area is 123 Å². The third-order valence-corrected chi connectivity index (χ3v) is 5.17. The maximum atomic E-state index is 6.02. The number of nitrogens with two attached hydrogens (primary N) is 1. The lowest BCUT2D eigenvalue weighted by atomic mass is 9.90. The first kappa shape index (κ1) is 14.1. The molecule has 1 aromatic rings. The molecule has 2 N–H and O–H groups in total. The summed E-state index contributed by atoms with van der Waals surface area (Å²) in [5, 5.41) is 0. The van der Waals surface area contributed by atoms with Crippen LogP contribution in [0.25, 0.3) is 0 Å². The van der Waals surface area contributed by atoms with Gasteiger partial charge in [-0.25, -0.2) is 0 Å². The Bertz CT molecular complexity index is 395. The number of piperidine rings is 1. The minimum Gasteiger partial charge on any atom is -0.328 e. The molecule has 1 aliphatic carbocycles. The molecule has 0 radical (unpaired) electrons. The van der Waals surface area contributed by atoms with E-state index in [0.717, 1.165) is 11.8 Å². The number of hydrogen-bond acceptors (Lipinski definition) is 2. The predicted octanol–water partition coefficient (Wildman–Crippen LogP) is 3.07. The summed E-state index contributed by atoms with van der Waals surface area (Å²) in [7, 11) is 0. The molecule has 2 aliphatic rings. The molecule has 0 spiro atoms. The lowest BCUT2D eigenvalue weighted by Gasteiger charge is -2.33. The van der Waals surface area contributed by atoms with Crippen molar-refractivity contribution in [2.24, 2.45) is 17.6 Å². The molecule has 0 bridgehead atoms. The highest BCUT2D eigenvalue weighted by molar-refractivity contribution is 5.15. The van der Waals surface area contributed by atoms with Crippen molar-refractivity contribution in [1.82, 2.24) is 4.90 Å². The molecule has 0 aromatic heterocycles. The van der Waals surface area contributed by atoms with Crippen LogP contribution in [0, 0.1) is 11.8 Å². The molecule has 2 atom stereocenters. The van der Waals surface area contributed by atoms with Crippen LogP contribution in [-0.4, -0.2) is 30.6 Å². The van der Waals surface area contributed by atoms with Crippen LogP contribution in [0.3, 0.4) is 0 Å². The summed E-state index contributed by atoms with van der Waals surface area (Å²) in [6.45, 7) is 3.89. The van der Waals surface area contributed by atoms with E-state index < -0.39 is 0 Å². The van der Waals surface area contributed by atoms with Crippen molar-refractivity contribution < 1.29 is 0 Å². The second-order valence-corrected chi connectivity index (χ2v) is 6.87. The molecule has 2 heteroatoms. The molecule has 1 heterocycles. The number of nitrogens with zero attached hydrogens (tertiary/aromatic N) is 1. The van der Waals surface area contributed by atoms with Gasteiger partial charge in [0.25, 0.3) is 0 Å². The highest BCUT2D eigenvalue weighted by Crippen LogP contribution is 2.27. The number of likely N-dealkylation sites (tertiary alicyclic amines) is 1. The number of benzene rings is 1. The average Bonchev–Trinajstić information content (AvgIpc) is 2.88. The third kappa shape index (κ3) is 3.83. The van der Waals surface area contributed by atoms with Gasteiger partial charge in [-0.3, -0.25) is 0 Å². The summed E-state index contributed by atoms with van der Waals surface area (Å²) in [5.41, 5.74) is 7.53. The average molecular weight is 272 g/mol. The van der Waals surface area contributed by atoms with Crippen molar-refractivity contribution in [3.05, 3.63) is 35.9 Å². The Morgan fingerprint density at radius 2 is 1.70 bits per heavy atom. The van der Waals surface area contributed by atoms with Gasteiger partial charge in [0, 0.05) is 12.6 Å². The molecule has 2 nitrogen and oxygen atoms in total. The molecule has 1 saturated carbocycles. The highest BCUT2D eigenvalue weighted by atomic mass is 15.1. The van der Waals surface area contributed by atoms with Gasteiger partial charge >= 0.3 is 0 Å². The minimum atomic E-state index is 0.482. The van der Waals surface area contributed by atoms with E-state index >= 15 is 0 Å². The normalized spacial score (nSPS) is 28.9. The van der Waals surface area contributed by atoms with E-state index in [-0.39, 0.29) is 0 Å². The molecule has 1 saturated heterocycles. The van der Waals surface area contributed by atoms with Gasteiger partial charge in [0.1, 0.15) is 0 Å². The molecule has 1 unspecified atom stereocenters. The van der Waals surface area contributed by atoms with Crippen molar-refractivity contribution >= 4 is 0 Å². The van der Waals surface area contributed by atoms with Gasteiger partial charge in [0.15, 0.2) is 0 Å². The predicted molar refractivity (Wildman–Crippen MR) is 84.6 cm³/mol. The zero-order valence-corrected chi connectivity index (χ0v) is 12.5. The Kier molecular flexibility index (Phi) is 4.74. The van der Waals surface area contributed by atoms with Crippen molar-refractivity contribution in [3.8, 4) is 0 Å². The van der Waals surface area contributed by atoms with Crippen molar-refractivity contribution in [2.45, 2.75) is 44.6 Å². The summed E-state index contributed by atoms with van der Waals surface area (Å²) in [5.74, 6) is 1.76. The Balaban J connectivity index is 1.41. The van der Waals surface area contributed by atoms with Crippen molar-refractivity contribution in [1.29, 1.82) is 0 Å². The van der Waals surface area contributed by atoms with E-state index in [2.05, 4.69) is 35.2 Å². The number of rotatable bonds is 4. The van der Waals surface area contributed by atoms with Crippen LogP contribution in [0.4, 0.5) is 0 Å². The summed E-state index contributed by atoms with van der Waals surface area (Å²) in [6.07, 6.45) is 7.86. The van der Waals surface area contributed by atoms with Crippen LogP contribution in [-0.2, 0) is 6.42 Å². The first-order valence-electron chi connectivity index (χ1n) is 8.31. The fraction of sp³-hybridized carbons (Fsp3) is 0.667. The van der Waals surface area contributed by atoms with E-state index in [1.165, 1.54) is 63.7 Å². The van der Waals surface area contributed by atoms with Gasteiger partial charge in [-0.1, -0.05) is 30.3 Å². The highest BCUT2D eigenvalue weighted by Gasteiger charge is 2.26. The van der Waals surface area contributed by atoms with E-state index in [1.54, 1.807) is 0 Å². The molecule has 20 heavy (non-hydrogen) atoms. The lowest BCUT2D eigenvalue weighted by Crippen LogP contribution is -2.37. The Morgan fingerprint density at radius 3 is 2.35 bits per heavy atom. The van der Waals surface area contributed by atoms with E-state index in [1.807, 2.05) is 0 Å². The van der Waals surface area contributed by atoms with Gasteiger partial charge in [-0.15, -0.1) is 0 Å². The van der Waals surface area contributed by atoms with E-state index in [9.17, 15) is 0 Å². The minimum absolute atomic E-state index is 0.482. The van der Waals surface area contributed by atoms with Crippen molar-refractivity contribution in [3.63, 3.8) is 0 Å². The maximum Gasteiger partial charge on any atom is 0.00420 e. The van der Waals surface area contributed by atoms with Gasteiger partial charge in [0.2, 0.25) is 0 Å². The van der Waals surface area contributed by atoms with Crippen LogP contribution < -0.4 is 5.73 Å². The first-order valence-corrected chi connectivity index (χ1v) is 8.31. The summed E-state index contributed by atoms with van der Waals surface area (Å²) in [6, 6.07) is 11.5. The van der Waals surface area contributed by atoms with E-state index in [0.29, 0.717) is 6.04 Å². The summed E-state index contributed by atoms with van der Waals surface area (Å²) in [4.78, 5) is 2.68. The van der Waals surface area contributed by atoms with Crippen LogP contribution >= 0.6 is 0 Å². The van der Waals surface area contributed by atoms with E-state index in [4.69, 9.17) is 5.73 Å². The Morgan fingerprint density at radius 1 is 0.950 bits per heavy atom. The molecule has 1 aliphatic heterocycles. The quantitative estimate of drug-likeness (QED) is 0.912. The van der Waals surface area contributed by atoms with Gasteiger partial charge in [0.05, 0.1) is 0 Å². The molecule has 0 amide bonds. The topological polar surface area (TPSA) is 29.3 Å². The molecule has 1 aromatic carbocycles. The molecular weight excluding hydrogens is 244 g/mol. The zero-order chi connectivity index (χ0) is 13.8. The van der Waals surface area contributed by atoms with Crippen molar-refractivity contribution in [2.75, 3.05) is 19.6 Å². The zero-order valence-electron chi connectivity index (χ0n) is 12.5. The largest absolute Gasteiger partial charge is 0.328 e. The molecule has 110 valence electrons. The van der Waals surface area contributed by atoms with Gasteiger partial charge in [-0.05, 0) is 69.0 Å². The number of hydrogen-bond donors (Lipinski definition) is 1. The standard InChI is InChI=1S/C18H28N2/c19-18-7-6-17(13-18)14-20-10-8-16(9-11-20)12-15-4-2-1-3-5-15/h1-5,16-18H,6-14,19H2/t17?,18-/m1/s1. The Hall–Kier alpha value is -0.860. The smallest absolute Gasteiger partial charge is 0.00420 e. The van der Waals surface area contributed by atoms with Crippen LogP contribution in [0.15, 0.2) is 30.3 Å².